The Hall–Kier alpha value is -1.51. The van der Waals surface area contributed by atoms with Gasteiger partial charge in [0.2, 0.25) is 10.0 Å². The summed E-state index contributed by atoms with van der Waals surface area (Å²) in [7, 11) is -3.47. The molecule has 0 aliphatic heterocycles. The molecule has 0 fully saturated rings. The highest BCUT2D eigenvalue weighted by Crippen LogP contribution is 2.14. The molecule has 0 aliphatic carbocycles. The molecule has 96 valence electrons. The molecule has 0 spiro atoms. The van der Waals surface area contributed by atoms with Gasteiger partial charge in [-0.25, -0.2) is 17.8 Å². The molecular weight excluding hydrogens is 274 g/mol. The first-order chi connectivity index (χ1) is 8.59. The summed E-state index contributed by atoms with van der Waals surface area (Å²) < 4.78 is 27.4. The van der Waals surface area contributed by atoms with Crippen molar-refractivity contribution in [3.8, 4) is 0 Å². The van der Waals surface area contributed by atoms with Crippen LogP contribution in [0.5, 0.6) is 0 Å². The van der Waals surface area contributed by atoms with Crippen molar-refractivity contribution < 1.29 is 8.42 Å². The van der Waals surface area contributed by atoms with Crippen LogP contribution in [-0.4, -0.2) is 24.7 Å². The number of nitrogens with one attached hydrogen (secondary N) is 1. The van der Waals surface area contributed by atoms with Crippen LogP contribution in [0.4, 0.5) is 0 Å². The van der Waals surface area contributed by atoms with Gasteiger partial charge in [0.25, 0.3) is 5.56 Å². The lowest BCUT2D eigenvalue weighted by atomic mass is 10.5. The van der Waals surface area contributed by atoms with E-state index in [0.717, 1.165) is 11.3 Å². The summed E-state index contributed by atoms with van der Waals surface area (Å²) in [4.78, 5) is 11.3. The average Bonchev–Trinajstić information content (AvgIpc) is 2.86. The fourth-order valence-corrected chi connectivity index (χ4v) is 3.39. The van der Waals surface area contributed by atoms with E-state index in [-0.39, 0.29) is 22.9 Å². The van der Waals surface area contributed by atoms with Crippen LogP contribution in [0.25, 0.3) is 0 Å². The predicted molar refractivity (Wildman–Crippen MR) is 68.0 cm³/mol. The second-order valence-electron chi connectivity index (χ2n) is 3.41. The number of rotatable bonds is 5. The summed E-state index contributed by atoms with van der Waals surface area (Å²) in [6, 6.07) is 6.11. The molecule has 18 heavy (non-hydrogen) atoms. The van der Waals surface area contributed by atoms with E-state index in [0.29, 0.717) is 0 Å². The molecule has 0 unspecified atom stereocenters. The van der Waals surface area contributed by atoms with Crippen molar-refractivity contribution >= 4 is 21.4 Å². The molecular formula is C10H11N3O3S2. The summed E-state index contributed by atoms with van der Waals surface area (Å²) in [6.45, 7) is 0.321. The van der Waals surface area contributed by atoms with Crippen molar-refractivity contribution in [3.05, 3.63) is 46.2 Å². The Morgan fingerprint density at radius 2 is 2.17 bits per heavy atom. The summed E-state index contributed by atoms with van der Waals surface area (Å²) in [5.74, 6) is 0. The van der Waals surface area contributed by atoms with E-state index in [1.807, 2.05) is 0 Å². The molecule has 1 N–H and O–H groups in total. The molecule has 2 heterocycles. The Morgan fingerprint density at radius 3 is 2.83 bits per heavy atom. The second kappa shape index (κ2) is 5.42. The third-order valence-corrected chi connectivity index (χ3v) is 5.02. The molecule has 6 nitrogen and oxygen atoms in total. The maximum atomic E-state index is 11.8. The van der Waals surface area contributed by atoms with Crippen LogP contribution in [0.1, 0.15) is 0 Å². The topological polar surface area (TPSA) is 81.1 Å². The van der Waals surface area contributed by atoms with Crippen LogP contribution in [-0.2, 0) is 16.6 Å². The highest BCUT2D eigenvalue weighted by Gasteiger charge is 2.13. The summed E-state index contributed by atoms with van der Waals surface area (Å²) in [5.41, 5.74) is -0.257. The monoisotopic (exact) mass is 285 g/mol. The Kier molecular flexibility index (Phi) is 3.90. The van der Waals surface area contributed by atoms with Crippen molar-refractivity contribution in [2.45, 2.75) is 10.8 Å². The van der Waals surface area contributed by atoms with Crippen LogP contribution in [0.2, 0.25) is 0 Å². The zero-order chi connectivity index (χ0) is 13.0. The van der Waals surface area contributed by atoms with Crippen LogP contribution < -0.4 is 10.3 Å². The molecule has 2 aromatic rings. The molecule has 0 amide bonds. The maximum Gasteiger partial charge on any atom is 0.266 e. The smallest absolute Gasteiger partial charge is 0.266 e. The van der Waals surface area contributed by atoms with Crippen molar-refractivity contribution in [1.82, 2.24) is 14.5 Å². The summed E-state index contributed by atoms with van der Waals surface area (Å²) in [5, 5.41) is 5.52. The van der Waals surface area contributed by atoms with Gasteiger partial charge in [0.05, 0.1) is 6.54 Å². The van der Waals surface area contributed by atoms with Gasteiger partial charge >= 0.3 is 0 Å². The third-order valence-electron chi connectivity index (χ3n) is 2.16. The van der Waals surface area contributed by atoms with Gasteiger partial charge in [-0.15, -0.1) is 11.3 Å². The SMILES string of the molecule is O=c1cccnn1CCNS(=O)(=O)c1cccs1. The first-order valence-corrected chi connectivity index (χ1v) is 7.51. The summed E-state index contributed by atoms with van der Waals surface area (Å²) in [6.07, 6.45) is 1.48. The average molecular weight is 285 g/mol. The van der Waals surface area contributed by atoms with Gasteiger partial charge in [-0.2, -0.15) is 5.10 Å². The number of thiophene rings is 1. The van der Waals surface area contributed by atoms with E-state index in [4.69, 9.17) is 0 Å². The minimum atomic E-state index is -3.47. The van der Waals surface area contributed by atoms with Gasteiger partial charge < -0.3 is 0 Å². The molecule has 2 rings (SSSR count). The Morgan fingerprint density at radius 1 is 1.33 bits per heavy atom. The molecule has 0 atom stereocenters. The Labute approximate surface area is 108 Å². The zero-order valence-corrected chi connectivity index (χ0v) is 10.9. The quantitative estimate of drug-likeness (QED) is 0.856. The highest BCUT2D eigenvalue weighted by atomic mass is 32.2. The predicted octanol–water partition coefficient (Wildman–Crippen LogP) is 0.283. The Balaban J connectivity index is 1.98. The lowest BCUT2D eigenvalue weighted by molar-refractivity contribution is 0.548. The fraction of sp³-hybridized carbons (Fsp3) is 0.200. The third kappa shape index (κ3) is 3.03. The number of aromatic nitrogens is 2. The minimum Gasteiger partial charge on any atom is -0.268 e. The van der Waals surface area contributed by atoms with E-state index < -0.39 is 10.0 Å². The van der Waals surface area contributed by atoms with Gasteiger partial charge in [0.15, 0.2) is 0 Å². The second-order valence-corrected chi connectivity index (χ2v) is 6.36. The van der Waals surface area contributed by atoms with E-state index in [9.17, 15) is 13.2 Å². The molecule has 2 aromatic heterocycles. The van der Waals surface area contributed by atoms with Crippen LogP contribution >= 0.6 is 11.3 Å². The van der Waals surface area contributed by atoms with E-state index in [1.54, 1.807) is 11.4 Å². The number of hydrogen-bond acceptors (Lipinski definition) is 5. The lowest BCUT2D eigenvalue weighted by Gasteiger charge is -2.05. The van der Waals surface area contributed by atoms with Gasteiger partial charge in [-0.3, -0.25) is 4.79 Å². The van der Waals surface area contributed by atoms with Crippen molar-refractivity contribution in [2.24, 2.45) is 0 Å². The molecule has 0 saturated carbocycles. The van der Waals surface area contributed by atoms with Crippen molar-refractivity contribution in [2.75, 3.05) is 6.54 Å². The number of sulfonamides is 1. The summed E-state index contributed by atoms with van der Waals surface area (Å²) >= 11 is 1.14. The first kappa shape index (κ1) is 12.9. The van der Waals surface area contributed by atoms with Crippen LogP contribution in [0, 0.1) is 0 Å². The van der Waals surface area contributed by atoms with Crippen molar-refractivity contribution in [3.63, 3.8) is 0 Å². The fourth-order valence-electron chi connectivity index (χ4n) is 1.33. The van der Waals surface area contributed by atoms with E-state index in [2.05, 4.69) is 9.82 Å². The molecule has 0 bridgehead atoms. The highest BCUT2D eigenvalue weighted by molar-refractivity contribution is 7.91. The first-order valence-electron chi connectivity index (χ1n) is 5.15. The molecule has 0 aromatic carbocycles. The zero-order valence-electron chi connectivity index (χ0n) is 9.31. The van der Waals surface area contributed by atoms with E-state index in [1.165, 1.54) is 29.1 Å². The van der Waals surface area contributed by atoms with Gasteiger partial charge in [-0.1, -0.05) is 6.07 Å². The Bertz CT molecular complexity index is 662. The molecule has 0 aliphatic rings. The van der Waals surface area contributed by atoms with Gasteiger partial charge in [0.1, 0.15) is 4.21 Å². The van der Waals surface area contributed by atoms with Crippen molar-refractivity contribution in [1.29, 1.82) is 0 Å². The minimum absolute atomic E-state index is 0.122. The molecule has 0 saturated heterocycles. The van der Waals surface area contributed by atoms with E-state index >= 15 is 0 Å². The largest absolute Gasteiger partial charge is 0.268 e. The van der Waals surface area contributed by atoms with Crippen LogP contribution in [0.15, 0.2) is 44.8 Å². The normalized spacial score (nSPS) is 11.6. The molecule has 0 radical (unpaired) electrons. The number of hydrogen-bond donors (Lipinski definition) is 1. The van der Waals surface area contributed by atoms with Gasteiger partial charge in [-0.05, 0) is 17.5 Å². The van der Waals surface area contributed by atoms with Gasteiger partial charge in [0, 0.05) is 18.8 Å². The number of nitrogens with zero attached hydrogens (tertiary/aromatic N) is 2. The lowest BCUT2D eigenvalue weighted by Crippen LogP contribution is -2.31. The standard InChI is InChI=1S/C10H11N3O3S2/c14-9-3-1-5-11-13(9)7-6-12-18(15,16)10-4-2-8-17-10/h1-5,8,12H,6-7H2. The maximum absolute atomic E-state index is 11.8. The molecule has 8 heteroatoms. The van der Waals surface area contributed by atoms with Crippen LogP contribution in [0.3, 0.4) is 0 Å².